The van der Waals surface area contributed by atoms with Crippen LogP contribution >= 0.6 is 22.9 Å². The van der Waals surface area contributed by atoms with Gasteiger partial charge in [-0.25, -0.2) is 0 Å². The summed E-state index contributed by atoms with van der Waals surface area (Å²) in [5.74, 6) is 0.184. The summed E-state index contributed by atoms with van der Waals surface area (Å²) in [6.07, 6.45) is 0. The van der Waals surface area contributed by atoms with E-state index in [4.69, 9.17) is 21.1 Å². The van der Waals surface area contributed by atoms with Gasteiger partial charge < -0.3 is 9.47 Å². The van der Waals surface area contributed by atoms with Gasteiger partial charge in [-0.1, -0.05) is 29.8 Å². The van der Waals surface area contributed by atoms with Crippen LogP contribution in [-0.2, 0) is 9.47 Å². The number of rotatable bonds is 6. The number of carbonyl (C=O) groups is 1. The minimum absolute atomic E-state index is 0.0473. The second kappa shape index (κ2) is 9.48. The maximum atomic E-state index is 13.7. The van der Waals surface area contributed by atoms with Gasteiger partial charge in [0.1, 0.15) is 0 Å². The van der Waals surface area contributed by atoms with Crippen LogP contribution in [0.15, 0.2) is 41.8 Å². The van der Waals surface area contributed by atoms with Gasteiger partial charge in [-0.05, 0) is 29.1 Å². The molecule has 0 radical (unpaired) electrons. The molecule has 7 heteroatoms. The highest BCUT2D eigenvalue weighted by Gasteiger charge is 2.40. The van der Waals surface area contributed by atoms with Crippen LogP contribution in [0.5, 0.6) is 0 Å². The Balaban J connectivity index is 1.74. The standard InChI is InChI=1S/C21H25ClN2O3S/c22-17-5-3-16(4-6-17)19(23-7-11-26-12-8-23)20(24-9-13-27-14-10-24)21(25)18-2-1-15-28-18/h1-6,15,19-20H,7-14H2/t19-,20-/m0/s1. The number of hydrogen-bond donors (Lipinski definition) is 0. The molecule has 1 aromatic carbocycles. The molecule has 0 bridgehead atoms. The Morgan fingerprint density at radius 2 is 1.54 bits per heavy atom. The summed E-state index contributed by atoms with van der Waals surface area (Å²) in [5, 5.41) is 2.67. The number of halogens is 1. The van der Waals surface area contributed by atoms with Crippen molar-refractivity contribution in [2.75, 3.05) is 52.6 Å². The maximum Gasteiger partial charge on any atom is 0.191 e. The number of hydrogen-bond acceptors (Lipinski definition) is 6. The Labute approximate surface area is 174 Å². The summed E-state index contributed by atoms with van der Waals surface area (Å²) in [7, 11) is 0. The fraction of sp³-hybridized carbons (Fsp3) is 0.476. The largest absolute Gasteiger partial charge is 0.379 e. The van der Waals surface area contributed by atoms with Crippen LogP contribution in [0.1, 0.15) is 21.3 Å². The molecule has 0 aliphatic carbocycles. The second-order valence-electron chi connectivity index (χ2n) is 7.08. The summed E-state index contributed by atoms with van der Waals surface area (Å²) in [4.78, 5) is 19.2. The molecule has 0 spiro atoms. The highest BCUT2D eigenvalue weighted by atomic mass is 35.5. The summed E-state index contributed by atoms with van der Waals surface area (Å²) >= 11 is 7.66. The molecule has 2 aliphatic heterocycles. The first-order valence-corrected chi connectivity index (χ1v) is 11.0. The molecule has 2 aromatic rings. The van der Waals surface area contributed by atoms with Crippen molar-refractivity contribution in [2.45, 2.75) is 12.1 Å². The third kappa shape index (κ3) is 4.48. The molecule has 3 heterocycles. The van der Waals surface area contributed by atoms with E-state index in [-0.39, 0.29) is 17.9 Å². The van der Waals surface area contributed by atoms with Crippen molar-refractivity contribution in [2.24, 2.45) is 0 Å². The van der Waals surface area contributed by atoms with Gasteiger partial charge in [0.2, 0.25) is 0 Å². The zero-order chi connectivity index (χ0) is 19.3. The van der Waals surface area contributed by atoms with Crippen LogP contribution < -0.4 is 0 Å². The predicted octanol–water partition coefficient (Wildman–Crippen LogP) is 3.36. The third-order valence-corrected chi connectivity index (χ3v) is 6.56. The lowest BCUT2D eigenvalue weighted by molar-refractivity contribution is -0.0300. The first kappa shape index (κ1) is 20.0. The van der Waals surface area contributed by atoms with Gasteiger partial charge >= 0.3 is 0 Å². The number of Topliss-reactive ketones (excluding diaryl/α,β-unsaturated/α-hetero) is 1. The Bertz CT molecular complexity index is 756. The monoisotopic (exact) mass is 420 g/mol. The van der Waals surface area contributed by atoms with E-state index in [0.717, 1.165) is 36.6 Å². The van der Waals surface area contributed by atoms with E-state index in [2.05, 4.69) is 21.9 Å². The molecular formula is C21H25ClN2O3S. The van der Waals surface area contributed by atoms with E-state index in [1.807, 2.05) is 29.6 Å². The molecule has 2 fully saturated rings. The van der Waals surface area contributed by atoms with Crippen molar-refractivity contribution in [3.05, 3.63) is 57.2 Å². The molecule has 4 rings (SSSR count). The fourth-order valence-electron chi connectivity index (χ4n) is 4.04. The Morgan fingerprint density at radius 3 is 2.11 bits per heavy atom. The number of nitrogens with zero attached hydrogens (tertiary/aromatic N) is 2. The van der Waals surface area contributed by atoms with Crippen molar-refractivity contribution in [1.82, 2.24) is 9.80 Å². The van der Waals surface area contributed by atoms with Gasteiger partial charge in [-0.15, -0.1) is 11.3 Å². The van der Waals surface area contributed by atoms with E-state index in [0.29, 0.717) is 31.5 Å². The van der Waals surface area contributed by atoms with Crippen molar-refractivity contribution >= 4 is 28.7 Å². The average Bonchev–Trinajstić information content (AvgIpc) is 3.29. The molecule has 2 saturated heterocycles. The van der Waals surface area contributed by atoms with Gasteiger partial charge in [0, 0.05) is 31.2 Å². The molecule has 150 valence electrons. The van der Waals surface area contributed by atoms with E-state index < -0.39 is 0 Å². The van der Waals surface area contributed by atoms with Gasteiger partial charge in [-0.2, -0.15) is 0 Å². The summed E-state index contributed by atoms with van der Waals surface area (Å²) in [6.45, 7) is 5.83. The van der Waals surface area contributed by atoms with Crippen LogP contribution in [0, 0.1) is 0 Å². The normalized spacial score (nSPS) is 21.3. The van der Waals surface area contributed by atoms with Crippen molar-refractivity contribution < 1.29 is 14.3 Å². The van der Waals surface area contributed by atoms with Gasteiger partial charge in [-0.3, -0.25) is 14.6 Å². The third-order valence-electron chi connectivity index (χ3n) is 5.42. The van der Waals surface area contributed by atoms with E-state index >= 15 is 0 Å². The average molecular weight is 421 g/mol. The molecule has 0 amide bonds. The number of thiophene rings is 1. The lowest BCUT2D eigenvalue weighted by Crippen LogP contribution is -2.55. The molecular weight excluding hydrogens is 396 g/mol. The first-order valence-electron chi connectivity index (χ1n) is 9.71. The topological polar surface area (TPSA) is 42.0 Å². The highest BCUT2D eigenvalue weighted by molar-refractivity contribution is 7.12. The number of morpholine rings is 2. The smallest absolute Gasteiger partial charge is 0.191 e. The van der Waals surface area contributed by atoms with Crippen LogP contribution in [0.3, 0.4) is 0 Å². The number of ether oxygens (including phenoxy) is 2. The molecule has 0 N–H and O–H groups in total. The minimum Gasteiger partial charge on any atom is -0.379 e. The SMILES string of the molecule is O=C(c1cccs1)[C@H]([C@H](c1ccc(Cl)cc1)N1CCOCC1)N1CCOCC1. The maximum absolute atomic E-state index is 13.7. The van der Waals surface area contributed by atoms with E-state index in [1.54, 1.807) is 0 Å². The van der Waals surface area contributed by atoms with Crippen LogP contribution in [0.25, 0.3) is 0 Å². The molecule has 28 heavy (non-hydrogen) atoms. The van der Waals surface area contributed by atoms with Crippen molar-refractivity contribution in [3.63, 3.8) is 0 Å². The Morgan fingerprint density at radius 1 is 0.929 bits per heavy atom. The summed E-state index contributed by atoms with van der Waals surface area (Å²) in [5.41, 5.74) is 1.12. The molecule has 0 saturated carbocycles. The highest BCUT2D eigenvalue weighted by Crippen LogP contribution is 2.33. The van der Waals surface area contributed by atoms with Crippen molar-refractivity contribution in [1.29, 1.82) is 0 Å². The molecule has 2 atom stereocenters. The lowest BCUT2D eigenvalue weighted by atomic mass is 9.91. The quantitative estimate of drug-likeness (QED) is 0.670. The number of ketones is 1. The fourth-order valence-corrected chi connectivity index (χ4v) is 4.86. The Kier molecular flexibility index (Phi) is 6.77. The van der Waals surface area contributed by atoms with E-state index in [9.17, 15) is 4.79 Å². The van der Waals surface area contributed by atoms with Crippen LogP contribution in [-0.4, -0.2) is 74.2 Å². The lowest BCUT2D eigenvalue weighted by Gasteiger charge is -2.44. The number of benzene rings is 1. The second-order valence-corrected chi connectivity index (χ2v) is 8.46. The molecule has 0 unspecified atom stereocenters. The zero-order valence-electron chi connectivity index (χ0n) is 15.8. The minimum atomic E-state index is -0.262. The predicted molar refractivity (Wildman–Crippen MR) is 111 cm³/mol. The molecule has 5 nitrogen and oxygen atoms in total. The van der Waals surface area contributed by atoms with Crippen LogP contribution in [0.2, 0.25) is 5.02 Å². The first-order chi connectivity index (χ1) is 13.7. The number of carbonyl (C=O) groups excluding carboxylic acids is 1. The molecule has 2 aliphatic rings. The van der Waals surface area contributed by atoms with E-state index in [1.165, 1.54) is 11.3 Å². The molecule has 1 aromatic heterocycles. The van der Waals surface area contributed by atoms with Crippen LogP contribution in [0.4, 0.5) is 0 Å². The Hall–Kier alpha value is -1.28. The van der Waals surface area contributed by atoms with Gasteiger partial charge in [0.15, 0.2) is 5.78 Å². The van der Waals surface area contributed by atoms with Gasteiger partial charge in [0.25, 0.3) is 0 Å². The summed E-state index contributed by atoms with van der Waals surface area (Å²) in [6, 6.07) is 11.5. The zero-order valence-corrected chi connectivity index (χ0v) is 17.3. The van der Waals surface area contributed by atoms with Crippen molar-refractivity contribution in [3.8, 4) is 0 Å². The van der Waals surface area contributed by atoms with Gasteiger partial charge in [0.05, 0.1) is 43.4 Å². The summed E-state index contributed by atoms with van der Waals surface area (Å²) < 4.78 is 11.1.